The standard InChI is InChI=1S/C16H21NO6S/c1-3-23-16(20)13-7-4-5-9-14(13)24(21,22)17-10-6-8-12(11(17)2)15(18)19/h4-5,7,9,11-12H,3,6,8,10H2,1-2H3,(H,18,19)/t11-,12-/m0/s1. The molecule has 1 aliphatic rings. The fraction of sp³-hybridized carbons (Fsp3) is 0.500. The Balaban J connectivity index is 2.44. The van der Waals surface area contributed by atoms with Crippen molar-refractivity contribution >= 4 is 22.0 Å². The summed E-state index contributed by atoms with van der Waals surface area (Å²) in [7, 11) is -4.00. The molecule has 0 unspecified atom stereocenters. The quantitative estimate of drug-likeness (QED) is 0.807. The lowest BCUT2D eigenvalue weighted by atomic mass is 9.92. The van der Waals surface area contributed by atoms with Crippen LogP contribution in [0.2, 0.25) is 0 Å². The number of carbonyl (C=O) groups excluding carboxylic acids is 1. The molecule has 0 spiro atoms. The lowest BCUT2D eigenvalue weighted by Gasteiger charge is -2.36. The molecule has 24 heavy (non-hydrogen) atoms. The highest BCUT2D eigenvalue weighted by atomic mass is 32.2. The van der Waals surface area contributed by atoms with Gasteiger partial charge in [0, 0.05) is 12.6 Å². The number of ether oxygens (including phenoxy) is 1. The van der Waals surface area contributed by atoms with Gasteiger partial charge in [0.25, 0.3) is 0 Å². The molecule has 2 rings (SSSR count). The van der Waals surface area contributed by atoms with E-state index in [1.165, 1.54) is 22.5 Å². The highest BCUT2D eigenvalue weighted by molar-refractivity contribution is 7.89. The largest absolute Gasteiger partial charge is 0.481 e. The van der Waals surface area contributed by atoms with Crippen LogP contribution in [0.5, 0.6) is 0 Å². The predicted octanol–water partition coefficient (Wildman–Crippen LogP) is 1.74. The first kappa shape index (κ1) is 18.4. The number of sulfonamides is 1. The van der Waals surface area contributed by atoms with Gasteiger partial charge in [-0.25, -0.2) is 13.2 Å². The first-order valence-electron chi connectivity index (χ1n) is 7.81. The van der Waals surface area contributed by atoms with E-state index in [9.17, 15) is 23.1 Å². The molecule has 7 nitrogen and oxygen atoms in total. The van der Waals surface area contributed by atoms with Crippen LogP contribution in [0.1, 0.15) is 37.0 Å². The molecule has 0 bridgehead atoms. The van der Waals surface area contributed by atoms with Crippen LogP contribution in [0, 0.1) is 5.92 Å². The third kappa shape index (κ3) is 3.44. The summed E-state index contributed by atoms with van der Waals surface area (Å²) in [4.78, 5) is 23.2. The van der Waals surface area contributed by atoms with E-state index in [4.69, 9.17) is 4.74 Å². The monoisotopic (exact) mass is 355 g/mol. The number of carboxylic acid groups (broad SMARTS) is 1. The Morgan fingerprint density at radius 1 is 1.33 bits per heavy atom. The van der Waals surface area contributed by atoms with Crippen LogP contribution in [0.3, 0.4) is 0 Å². The second-order valence-corrected chi connectivity index (χ2v) is 7.52. The average Bonchev–Trinajstić information content (AvgIpc) is 2.54. The van der Waals surface area contributed by atoms with Crippen LogP contribution < -0.4 is 0 Å². The minimum Gasteiger partial charge on any atom is -0.481 e. The second-order valence-electron chi connectivity index (χ2n) is 5.66. The van der Waals surface area contributed by atoms with Gasteiger partial charge in [0.1, 0.15) is 0 Å². The van der Waals surface area contributed by atoms with Gasteiger partial charge < -0.3 is 9.84 Å². The molecule has 1 heterocycles. The van der Waals surface area contributed by atoms with Crippen molar-refractivity contribution in [2.45, 2.75) is 37.6 Å². The zero-order valence-corrected chi connectivity index (χ0v) is 14.5. The summed E-state index contributed by atoms with van der Waals surface area (Å²) in [5, 5.41) is 9.28. The molecule has 1 fully saturated rings. The van der Waals surface area contributed by atoms with E-state index in [2.05, 4.69) is 0 Å². The van der Waals surface area contributed by atoms with Crippen molar-refractivity contribution in [1.29, 1.82) is 0 Å². The summed E-state index contributed by atoms with van der Waals surface area (Å²) >= 11 is 0. The number of carboxylic acids is 1. The van der Waals surface area contributed by atoms with Crippen molar-refractivity contribution in [2.75, 3.05) is 13.2 Å². The fourth-order valence-corrected chi connectivity index (χ4v) is 4.86. The summed E-state index contributed by atoms with van der Waals surface area (Å²) < 4.78 is 32.1. The molecule has 0 aromatic heterocycles. The Morgan fingerprint density at radius 2 is 2.00 bits per heavy atom. The highest BCUT2D eigenvalue weighted by Gasteiger charge is 2.40. The number of aliphatic carboxylic acids is 1. The third-order valence-electron chi connectivity index (χ3n) is 4.22. The topological polar surface area (TPSA) is 101 Å². The molecule has 8 heteroatoms. The maximum Gasteiger partial charge on any atom is 0.339 e. The number of carbonyl (C=O) groups is 2. The lowest BCUT2D eigenvalue weighted by Crippen LogP contribution is -2.49. The number of hydrogen-bond donors (Lipinski definition) is 1. The van der Waals surface area contributed by atoms with E-state index >= 15 is 0 Å². The summed E-state index contributed by atoms with van der Waals surface area (Å²) in [5.41, 5.74) is -0.0380. The number of piperidine rings is 1. The van der Waals surface area contributed by atoms with Crippen LogP contribution in [-0.2, 0) is 19.6 Å². The molecule has 1 aromatic rings. The second kappa shape index (κ2) is 7.31. The predicted molar refractivity (Wildman–Crippen MR) is 86.1 cm³/mol. The molecule has 0 aliphatic carbocycles. The van der Waals surface area contributed by atoms with Gasteiger partial charge in [0.2, 0.25) is 10.0 Å². The van der Waals surface area contributed by atoms with E-state index in [0.717, 1.165) is 0 Å². The smallest absolute Gasteiger partial charge is 0.339 e. The highest BCUT2D eigenvalue weighted by Crippen LogP contribution is 2.30. The molecule has 0 saturated carbocycles. The van der Waals surface area contributed by atoms with Crippen LogP contribution in [0.4, 0.5) is 0 Å². The summed E-state index contributed by atoms with van der Waals surface area (Å²) in [6, 6.07) is 5.15. The number of benzene rings is 1. The first-order chi connectivity index (χ1) is 11.3. The van der Waals surface area contributed by atoms with Crippen molar-refractivity contribution < 1.29 is 27.9 Å². The van der Waals surface area contributed by atoms with Gasteiger partial charge in [-0.2, -0.15) is 4.31 Å². The molecule has 1 N–H and O–H groups in total. The summed E-state index contributed by atoms with van der Waals surface area (Å²) in [6.07, 6.45) is 0.893. The molecule has 0 radical (unpaired) electrons. The fourth-order valence-electron chi connectivity index (χ4n) is 2.98. The minimum atomic E-state index is -4.00. The van der Waals surface area contributed by atoms with Gasteiger partial charge >= 0.3 is 11.9 Å². The van der Waals surface area contributed by atoms with Crippen molar-refractivity contribution in [3.05, 3.63) is 29.8 Å². The number of hydrogen-bond acceptors (Lipinski definition) is 5. The number of esters is 1. The van der Waals surface area contributed by atoms with Gasteiger partial charge in [-0.3, -0.25) is 4.79 Å². The number of nitrogens with zero attached hydrogens (tertiary/aromatic N) is 1. The van der Waals surface area contributed by atoms with Gasteiger partial charge in [0.15, 0.2) is 0 Å². The Hall–Kier alpha value is -1.93. The average molecular weight is 355 g/mol. The van der Waals surface area contributed by atoms with Gasteiger partial charge in [-0.05, 0) is 38.8 Å². The maximum absolute atomic E-state index is 13.0. The first-order valence-corrected chi connectivity index (χ1v) is 9.25. The van der Waals surface area contributed by atoms with E-state index in [1.807, 2.05) is 0 Å². The zero-order valence-electron chi connectivity index (χ0n) is 13.6. The van der Waals surface area contributed by atoms with Crippen LogP contribution in [0.25, 0.3) is 0 Å². The number of rotatable bonds is 5. The normalized spacial score (nSPS) is 22.1. The minimum absolute atomic E-state index is 0.0380. The van der Waals surface area contributed by atoms with E-state index in [-0.39, 0.29) is 23.6 Å². The van der Waals surface area contributed by atoms with E-state index in [0.29, 0.717) is 12.8 Å². The SMILES string of the molecule is CCOC(=O)c1ccccc1S(=O)(=O)N1CCC[C@H](C(=O)O)[C@@H]1C. The Kier molecular flexibility index (Phi) is 5.61. The summed E-state index contributed by atoms with van der Waals surface area (Å²) in [5.74, 6) is -2.49. The van der Waals surface area contributed by atoms with Crippen LogP contribution in [0.15, 0.2) is 29.2 Å². The Labute approximate surface area is 141 Å². The molecule has 1 aliphatic heterocycles. The molecular formula is C16H21NO6S. The molecular weight excluding hydrogens is 334 g/mol. The van der Waals surface area contributed by atoms with Crippen molar-refractivity contribution in [1.82, 2.24) is 4.31 Å². The van der Waals surface area contributed by atoms with E-state index < -0.39 is 33.9 Å². The molecule has 2 atom stereocenters. The molecule has 0 amide bonds. The van der Waals surface area contributed by atoms with Crippen molar-refractivity contribution in [2.24, 2.45) is 5.92 Å². The third-order valence-corrected chi connectivity index (χ3v) is 6.26. The molecule has 1 saturated heterocycles. The van der Waals surface area contributed by atoms with Gasteiger partial charge in [-0.15, -0.1) is 0 Å². The Bertz CT molecular complexity index is 730. The van der Waals surface area contributed by atoms with E-state index in [1.54, 1.807) is 19.9 Å². The van der Waals surface area contributed by atoms with Gasteiger partial charge in [-0.1, -0.05) is 12.1 Å². The van der Waals surface area contributed by atoms with Crippen LogP contribution in [-0.4, -0.2) is 49.0 Å². The maximum atomic E-state index is 13.0. The van der Waals surface area contributed by atoms with Gasteiger partial charge in [0.05, 0.1) is 23.0 Å². The van der Waals surface area contributed by atoms with Crippen molar-refractivity contribution in [3.63, 3.8) is 0 Å². The van der Waals surface area contributed by atoms with Crippen LogP contribution >= 0.6 is 0 Å². The summed E-state index contributed by atoms with van der Waals surface area (Å²) in [6.45, 7) is 3.58. The zero-order chi connectivity index (χ0) is 17.9. The van der Waals surface area contributed by atoms with Crippen molar-refractivity contribution in [3.8, 4) is 0 Å². The Morgan fingerprint density at radius 3 is 2.62 bits per heavy atom. The molecule has 1 aromatic carbocycles. The lowest BCUT2D eigenvalue weighted by molar-refractivity contribution is -0.144. The molecule has 132 valence electrons.